The maximum Gasteiger partial charge on any atom is 0.309 e. The van der Waals surface area contributed by atoms with E-state index >= 15 is 0 Å². The van der Waals surface area contributed by atoms with E-state index in [0.29, 0.717) is 0 Å². The first kappa shape index (κ1) is 13.9. The quantitative estimate of drug-likeness (QED) is 0.684. The summed E-state index contributed by atoms with van der Waals surface area (Å²) in [6, 6.07) is 20.1. The van der Waals surface area contributed by atoms with Crippen LogP contribution in [0.4, 0.5) is 0 Å². The second-order valence-electron chi connectivity index (χ2n) is 4.22. The molecular weight excluding hydrogens is 248 g/mol. The van der Waals surface area contributed by atoms with Crippen molar-refractivity contribution in [2.24, 2.45) is 0 Å². The number of aromatic nitrogens is 4. The summed E-state index contributed by atoms with van der Waals surface area (Å²) in [4.78, 5) is 3.66. The second kappa shape index (κ2) is 6.10. The SMILES string of the molecule is C.CCc1nn(-c2ccccc2)[n+](-c2ccccc2)n1. The molecule has 0 amide bonds. The molecule has 20 heavy (non-hydrogen) atoms. The van der Waals surface area contributed by atoms with Crippen LogP contribution in [0.1, 0.15) is 20.2 Å². The molecule has 0 radical (unpaired) electrons. The molecule has 1 heterocycles. The van der Waals surface area contributed by atoms with E-state index in [9.17, 15) is 0 Å². The molecule has 4 heteroatoms. The Balaban J connectivity index is 0.00000147. The highest BCUT2D eigenvalue weighted by Crippen LogP contribution is 2.05. The topological polar surface area (TPSA) is 34.6 Å². The molecule has 1 aromatic heterocycles. The Morgan fingerprint density at radius 3 is 2.15 bits per heavy atom. The monoisotopic (exact) mass is 267 g/mol. The van der Waals surface area contributed by atoms with Gasteiger partial charge >= 0.3 is 5.82 Å². The van der Waals surface area contributed by atoms with Gasteiger partial charge in [0.25, 0.3) is 0 Å². The van der Waals surface area contributed by atoms with Crippen molar-refractivity contribution in [1.29, 1.82) is 0 Å². The smallest absolute Gasteiger partial charge is 0.0776 e. The molecule has 0 N–H and O–H groups in total. The molecule has 0 aliphatic carbocycles. The third-order valence-electron chi connectivity index (χ3n) is 2.89. The largest absolute Gasteiger partial charge is 0.309 e. The fourth-order valence-corrected chi connectivity index (χ4v) is 1.92. The number of para-hydroxylation sites is 2. The summed E-state index contributed by atoms with van der Waals surface area (Å²) in [5, 5.41) is 9.09. The number of hydrogen-bond donors (Lipinski definition) is 0. The first-order chi connectivity index (χ1) is 9.38. The number of benzene rings is 2. The molecule has 0 aliphatic heterocycles. The number of tetrazole rings is 1. The van der Waals surface area contributed by atoms with Crippen LogP contribution in [-0.2, 0) is 6.42 Å². The number of aryl methyl sites for hydroxylation is 1. The van der Waals surface area contributed by atoms with Crippen molar-refractivity contribution < 1.29 is 4.80 Å². The van der Waals surface area contributed by atoms with Gasteiger partial charge in [-0.05, 0) is 34.2 Å². The number of nitrogens with zero attached hydrogens (tertiary/aromatic N) is 4. The summed E-state index contributed by atoms with van der Waals surface area (Å²) in [7, 11) is 0. The highest BCUT2D eigenvalue weighted by atomic mass is 15.7. The predicted molar refractivity (Wildman–Crippen MR) is 79.0 cm³/mol. The lowest BCUT2D eigenvalue weighted by Crippen LogP contribution is -2.43. The predicted octanol–water partition coefficient (Wildman–Crippen LogP) is 2.74. The Hall–Kier alpha value is -2.49. The normalized spacial score (nSPS) is 10.1. The van der Waals surface area contributed by atoms with Crippen molar-refractivity contribution in [1.82, 2.24) is 15.0 Å². The zero-order valence-electron chi connectivity index (χ0n) is 10.8. The fourth-order valence-electron chi connectivity index (χ4n) is 1.92. The minimum Gasteiger partial charge on any atom is -0.0776 e. The third-order valence-corrected chi connectivity index (χ3v) is 2.89. The second-order valence-corrected chi connectivity index (χ2v) is 4.22. The maximum atomic E-state index is 4.54. The highest BCUT2D eigenvalue weighted by molar-refractivity contribution is 5.28. The van der Waals surface area contributed by atoms with E-state index in [1.54, 1.807) is 0 Å². The van der Waals surface area contributed by atoms with Crippen molar-refractivity contribution >= 4 is 0 Å². The van der Waals surface area contributed by atoms with Gasteiger partial charge in [0.05, 0.1) is 5.10 Å². The van der Waals surface area contributed by atoms with Crippen LogP contribution >= 0.6 is 0 Å². The van der Waals surface area contributed by atoms with Gasteiger partial charge in [0.2, 0.25) is 0 Å². The lowest BCUT2D eigenvalue weighted by Gasteiger charge is -1.98. The minimum atomic E-state index is 0. The minimum absolute atomic E-state index is 0. The number of rotatable bonds is 3. The summed E-state index contributed by atoms with van der Waals surface area (Å²) in [6.07, 6.45) is 0.812. The Morgan fingerprint density at radius 1 is 0.950 bits per heavy atom. The van der Waals surface area contributed by atoms with E-state index in [1.165, 1.54) is 0 Å². The maximum absolute atomic E-state index is 4.54. The third kappa shape index (κ3) is 2.59. The van der Waals surface area contributed by atoms with E-state index < -0.39 is 0 Å². The molecule has 3 rings (SSSR count). The van der Waals surface area contributed by atoms with Crippen LogP contribution in [-0.4, -0.2) is 15.0 Å². The van der Waals surface area contributed by atoms with E-state index in [0.717, 1.165) is 23.6 Å². The summed E-state index contributed by atoms with van der Waals surface area (Å²) < 4.78 is 0. The van der Waals surface area contributed by atoms with Crippen molar-refractivity contribution in [3.63, 3.8) is 0 Å². The van der Waals surface area contributed by atoms with Crippen LogP contribution in [0.3, 0.4) is 0 Å². The van der Waals surface area contributed by atoms with Crippen molar-refractivity contribution in [2.45, 2.75) is 20.8 Å². The van der Waals surface area contributed by atoms with Crippen molar-refractivity contribution in [2.75, 3.05) is 0 Å². The van der Waals surface area contributed by atoms with Crippen LogP contribution in [0.2, 0.25) is 0 Å². The average molecular weight is 267 g/mol. The van der Waals surface area contributed by atoms with Gasteiger partial charge in [0, 0.05) is 11.2 Å². The molecule has 0 saturated carbocycles. The van der Waals surface area contributed by atoms with Crippen molar-refractivity contribution in [3.8, 4) is 11.4 Å². The average Bonchev–Trinajstić information content (AvgIpc) is 2.93. The van der Waals surface area contributed by atoms with Gasteiger partial charge in [-0.3, -0.25) is 0 Å². The molecule has 0 unspecified atom stereocenters. The Morgan fingerprint density at radius 2 is 1.55 bits per heavy atom. The van der Waals surface area contributed by atoms with Crippen LogP contribution < -0.4 is 4.80 Å². The first-order valence-electron chi connectivity index (χ1n) is 6.38. The van der Waals surface area contributed by atoms with Gasteiger partial charge in [-0.25, -0.2) is 0 Å². The molecule has 0 fully saturated rings. The lowest BCUT2D eigenvalue weighted by atomic mass is 10.3. The molecular formula is C16H19N4+. The van der Waals surface area contributed by atoms with E-state index in [2.05, 4.69) is 17.1 Å². The van der Waals surface area contributed by atoms with Crippen LogP contribution in [0.5, 0.6) is 0 Å². The van der Waals surface area contributed by atoms with Gasteiger partial charge < -0.3 is 0 Å². The first-order valence-corrected chi connectivity index (χ1v) is 6.38. The van der Waals surface area contributed by atoms with E-state index in [4.69, 9.17) is 0 Å². The van der Waals surface area contributed by atoms with Crippen molar-refractivity contribution in [3.05, 3.63) is 66.5 Å². The molecule has 102 valence electrons. The highest BCUT2D eigenvalue weighted by Gasteiger charge is 2.20. The summed E-state index contributed by atoms with van der Waals surface area (Å²) in [5.41, 5.74) is 2.00. The molecule has 0 atom stereocenters. The zero-order valence-corrected chi connectivity index (χ0v) is 10.8. The summed E-state index contributed by atoms with van der Waals surface area (Å²) >= 11 is 0. The van der Waals surface area contributed by atoms with Gasteiger partial charge in [-0.1, -0.05) is 50.7 Å². The van der Waals surface area contributed by atoms with E-state index in [-0.39, 0.29) is 7.43 Å². The Kier molecular flexibility index (Phi) is 4.25. The molecule has 4 nitrogen and oxygen atoms in total. The fraction of sp³-hybridized carbons (Fsp3) is 0.188. The molecule has 0 spiro atoms. The summed E-state index contributed by atoms with van der Waals surface area (Å²) in [5.74, 6) is 0.827. The number of hydrogen-bond acceptors (Lipinski definition) is 2. The zero-order chi connectivity index (χ0) is 13.1. The molecule has 2 aromatic carbocycles. The molecule has 0 saturated heterocycles. The van der Waals surface area contributed by atoms with Gasteiger partial charge in [0.15, 0.2) is 5.69 Å². The van der Waals surface area contributed by atoms with Crippen LogP contribution in [0.15, 0.2) is 60.7 Å². The Labute approximate surface area is 119 Å². The van der Waals surface area contributed by atoms with Gasteiger partial charge in [-0.15, -0.1) is 0 Å². The van der Waals surface area contributed by atoms with Gasteiger partial charge in [-0.2, -0.15) is 0 Å². The lowest BCUT2D eigenvalue weighted by molar-refractivity contribution is -0.735. The summed E-state index contributed by atoms with van der Waals surface area (Å²) in [6.45, 7) is 2.06. The van der Waals surface area contributed by atoms with E-state index in [1.807, 2.05) is 70.3 Å². The Bertz CT molecular complexity index is 602. The van der Waals surface area contributed by atoms with Crippen LogP contribution in [0.25, 0.3) is 11.4 Å². The molecule has 3 aromatic rings. The van der Waals surface area contributed by atoms with Crippen LogP contribution in [0, 0.1) is 0 Å². The molecule has 0 aliphatic rings. The standard InChI is InChI=1S/C15H15N4.CH4/c1-2-15-16-18(13-9-5-3-6-10-13)19(17-15)14-11-7-4-8-12-14;/h3-12H,2H2,1H3;1H4/q+1;. The van der Waals surface area contributed by atoms with Gasteiger partial charge in [0.1, 0.15) is 5.69 Å². The molecule has 0 bridgehead atoms.